The zero-order chi connectivity index (χ0) is 39.4. The summed E-state index contributed by atoms with van der Waals surface area (Å²) in [5.41, 5.74) is 6.09. The van der Waals surface area contributed by atoms with Gasteiger partial charge in [-0.2, -0.15) is 0 Å². The van der Waals surface area contributed by atoms with Crippen LogP contribution in [0.3, 0.4) is 0 Å². The molecule has 0 aromatic carbocycles. The zero-order valence-electron chi connectivity index (χ0n) is 33.3. The molecular formula is C43H75NO8S. The number of hydrogen-bond acceptors (Lipinski definition) is 9. The molecule has 5 N–H and O–H groups in total. The number of thioether (sulfide) groups is 1. The Bertz CT molecular complexity index is 1030. The largest absolute Gasteiger partial charge is 0.481 e. The van der Waals surface area contributed by atoms with Crippen LogP contribution >= 0.6 is 11.8 Å². The molecular weight excluding hydrogens is 691 g/mol. The number of carbonyl (C=O) groups is 3. The fourth-order valence-electron chi connectivity index (χ4n) is 5.53. The second kappa shape index (κ2) is 36.6. The van der Waals surface area contributed by atoms with E-state index in [1.54, 1.807) is 0 Å². The third kappa shape index (κ3) is 33.9. The number of carbonyl (C=O) groups excluding carboxylic acids is 2. The Kier molecular flexibility index (Phi) is 34.9. The minimum absolute atomic E-state index is 0.0443. The highest BCUT2D eigenvalue weighted by Gasteiger charge is 2.23. The molecule has 0 radical (unpaired) electrons. The summed E-state index contributed by atoms with van der Waals surface area (Å²) in [6, 6.07) is -1.01. The number of ether oxygens (including phenoxy) is 2. The molecule has 0 saturated carbocycles. The van der Waals surface area contributed by atoms with E-state index in [2.05, 4.69) is 39.0 Å². The van der Waals surface area contributed by atoms with Crippen molar-refractivity contribution in [2.45, 2.75) is 179 Å². The summed E-state index contributed by atoms with van der Waals surface area (Å²) in [5, 5.41) is 29.0. The van der Waals surface area contributed by atoms with E-state index in [4.69, 9.17) is 20.3 Å². The lowest BCUT2D eigenvalue weighted by Crippen LogP contribution is -2.38. The molecule has 0 heterocycles. The van der Waals surface area contributed by atoms with Crippen molar-refractivity contribution in [3.8, 4) is 0 Å². The Morgan fingerprint density at radius 2 is 1.40 bits per heavy atom. The molecule has 0 aliphatic carbocycles. The quantitative estimate of drug-likeness (QED) is 0.0210. The van der Waals surface area contributed by atoms with Gasteiger partial charge in [-0.1, -0.05) is 153 Å². The summed E-state index contributed by atoms with van der Waals surface area (Å²) >= 11 is 1.27. The predicted octanol–water partition coefficient (Wildman–Crippen LogP) is 9.40. The number of rotatable bonds is 36. The van der Waals surface area contributed by atoms with Crippen LogP contribution < -0.4 is 5.73 Å². The van der Waals surface area contributed by atoms with Crippen LogP contribution in [-0.4, -0.2) is 75.7 Å². The van der Waals surface area contributed by atoms with Crippen molar-refractivity contribution in [1.29, 1.82) is 0 Å². The van der Waals surface area contributed by atoms with Crippen molar-refractivity contribution in [2.75, 3.05) is 19.0 Å². The van der Waals surface area contributed by atoms with Crippen LogP contribution in [0, 0.1) is 5.92 Å². The van der Waals surface area contributed by atoms with Crippen molar-refractivity contribution in [3.05, 3.63) is 48.6 Å². The molecule has 9 nitrogen and oxygen atoms in total. The summed E-state index contributed by atoms with van der Waals surface area (Å²) < 4.78 is 10.6. The Balaban J connectivity index is 4.50. The van der Waals surface area contributed by atoms with Gasteiger partial charge >= 0.3 is 17.9 Å². The van der Waals surface area contributed by atoms with Crippen LogP contribution in [0.2, 0.25) is 0 Å². The molecule has 0 unspecified atom stereocenters. The summed E-state index contributed by atoms with van der Waals surface area (Å²) in [5.74, 6) is -1.11. The standard InChI is InChI=1S/C43H75NO8S/c1-4-5-6-7-8-9-10-13-16-19-22-25-30-40(39(46)29-27-31-41(47)48)53-35-38(44)43(50)51-34-37(33-45)52-42(49)32-26-23-20-17-14-11-12-15-18-21-24-28-36(2)3/h8-9,13,16,19,22,25,30,36-40,45-46H,4-7,10-12,14-15,17-18,20-21,23-24,26-29,31-35,44H2,1-3H3,(H,47,48)/b9-8-,16-13-,22-19+,30-25+/t37-,38-,39-,40+/m0/s1. The fourth-order valence-corrected chi connectivity index (χ4v) is 6.66. The number of carboxylic acid groups (broad SMARTS) is 1. The SMILES string of the molecule is CCCCC/C=C\C\C=C/C=C/C=C/[C@@H](SC[C@H](N)C(=O)OC[C@H](CO)OC(=O)CCCCCCCCCCCCCC(C)C)[C@@H](O)CCCC(=O)O. The van der Waals surface area contributed by atoms with E-state index in [0.29, 0.717) is 6.42 Å². The van der Waals surface area contributed by atoms with E-state index in [-0.39, 0.29) is 31.6 Å². The van der Waals surface area contributed by atoms with Crippen molar-refractivity contribution >= 4 is 29.7 Å². The van der Waals surface area contributed by atoms with Gasteiger partial charge in [0.15, 0.2) is 6.10 Å². The van der Waals surface area contributed by atoms with Crippen LogP contribution in [-0.2, 0) is 23.9 Å². The monoisotopic (exact) mass is 766 g/mol. The number of hydrogen-bond donors (Lipinski definition) is 4. The number of aliphatic hydroxyl groups is 2. The van der Waals surface area contributed by atoms with E-state index in [0.717, 1.165) is 38.0 Å². The highest BCUT2D eigenvalue weighted by Crippen LogP contribution is 2.22. The van der Waals surface area contributed by atoms with Gasteiger partial charge in [0.25, 0.3) is 0 Å². The summed E-state index contributed by atoms with van der Waals surface area (Å²) in [7, 11) is 0. The molecule has 0 aromatic heterocycles. The number of carboxylic acids is 1. The normalized spacial score (nSPS) is 14.5. The lowest BCUT2D eigenvalue weighted by atomic mass is 10.0. The van der Waals surface area contributed by atoms with Gasteiger partial charge in [0.2, 0.25) is 0 Å². The minimum Gasteiger partial charge on any atom is -0.481 e. The van der Waals surface area contributed by atoms with Gasteiger partial charge in [-0.05, 0) is 44.4 Å². The highest BCUT2D eigenvalue weighted by molar-refractivity contribution is 8.00. The van der Waals surface area contributed by atoms with Crippen LogP contribution in [0.25, 0.3) is 0 Å². The molecule has 0 spiro atoms. The van der Waals surface area contributed by atoms with Gasteiger partial charge in [0.05, 0.1) is 12.7 Å². The number of unbranched alkanes of at least 4 members (excludes halogenated alkanes) is 13. The number of esters is 2. The van der Waals surface area contributed by atoms with E-state index in [1.165, 1.54) is 88.8 Å². The predicted molar refractivity (Wildman–Crippen MR) is 220 cm³/mol. The van der Waals surface area contributed by atoms with Crippen LogP contribution in [0.1, 0.15) is 156 Å². The molecule has 0 aromatic rings. The third-order valence-electron chi connectivity index (χ3n) is 8.80. The van der Waals surface area contributed by atoms with Gasteiger partial charge in [0.1, 0.15) is 12.6 Å². The molecule has 0 aliphatic heterocycles. The molecule has 0 rings (SSSR count). The Hall–Kier alpha value is -2.40. The molecule has 0 saturated heterocycles. The van der Waals surface area contributed by atoms with E-state index in [1.807, 2.05) is 30.4 Å². The first-order chi connectivity index (χ1) is 25.6. The smallest absolute Gasteiger partial charge is 0.323 e. The Morgan fingerprint density at radius 1 is 0.755 bits per heavy atom. The molecule has 0 aliphatic rings. The van der Waals surface area contributed by atoms with E-state index in [9.17, 15) is 24.6 Å². The molecule has 0 amide bonds. The maximum Gasteiger partial charge on any atom is 0.323 e. The fraction of sp³-hybridized carbons (Fsp3) is 0.744. The summed E-state index contributed by atoms with van der Waals surface area (Å²) in [4.78, 5) is 35.9. The first-order valence-electron chi connectivity index (χ1n) is 20.5. The van der Waals surface area contributed by atoms with E-state index >= 15 is 0 Å². The molecule has 4 atom stereocenters. The maximum absolute atomic E-state index is 12.6. The zero-order valence-corrected chi connectivity index (χ0v) is 34.2. The highest BCUT2D eigenvalue weighted by atomic mass is 32.2. The third-order valence-corrected chi connectivity index (χ3v) is 10.2. The first kappa shape index (κ1) is 50.6. The molecule has 53 heavy (non-hydrogen) atoms. The maximum atomic E-state index is 12.6. The lowest BCUT2D eigenvalue weighted by Gasteiger charge is -2.21. The lowest BCUT2D eigenvalue weighted by molar-refractivity contribution is -0.161. The van der Waals surface area contributed by atoms with Crippen LogP contribution in [0.4, 0.5) is 0 Å². The number of nitrogens with two attached hydrogens (primary N) is 1. The van der Waals surface area contributed by atoms with Gasteiger partial charge in [-0.15, -0.1) is 11.8 Å². The summed E-state index contributed by atoms with van der Waals surface area (Å²) in [6.07, 6.45) is 34.8. The average molecular weight is 766 g/mol. The topological polar surface area (TPSA) is 156 Å². The molecule has 0 bridgehead atoms. The number of allylic oxidation sites excluding steroid dienone is 7. The number of aliphatic carboxylic acids is 1. The minimum atomic E-state index is -1.01. The second-order valence-corrected chi connectivity index (χ2v) is 15.6. The Labute approximate surface area is 326 Å². The van der Waals surface area contributed by atoms with Gasteiger partial charge in [-0.25, -0.2) is 0 Å². The van der Waals surface area contributed by atoms with Crippen molar-refractivity contribution in [1.82, 2.24) is 0 Å². The van der Waals surface area contributed by atoms with Crippen molar-refractivity contribution in [3.63, 3.8) is 0 Å². The van der Waals surface area contributed by atoms with Crippen LogP contribution in [0.15, 0.2) is 48.6 Å². The van der Waals surface area contributed by atoms with Gasteiger partial charge in [0, 0.05) is 23.8 Å². The first-order valence-corrected chi connectivity index (χ1v) is 21.5. The summed E-state index contributed by atoms with van der Waals surface area (Å²) in [6.45, 7) is 5.98. The van der Waals surface area contributed by atoms with Crippen molar-refractivity contribution < 1.29 is 39.2 Å². The average Bonchev–Trinajstić information content (AvgIpc) is 3.12. The molecule has 10 heteroatoms. The van der Waals surface area contributed by atoms with Gasteiger partial charge < -0.3 is 30.5 Å². The second-order valence-electron chi connectivity index (χ2n) is 14.4. The molecule has 306 valence electrons. The molecule has 0 fully saturated rings. The van der Waals surface area contributed by atoms with Crippen molar-refractivity contribution in [2.24, 2.45) is 11.7 Å². The van der Waals surface area contributed by atoms with E-state index < -0.39 is 48.0 Å². The number of aliphatic hydroxyl groups excluding tert-OH is 2. The van der Waals surface area contributed by atoms with Crippen LogP contribution in [0.5, 0.6) is 0 Å². The Morgan fingerprint density at radius 3 is 2.02 bits per heavy atom. The van der Waals surface area contributed by atoms with Gasteiger partial charge in [-0.3, -0.25) is 14.4 Å².